The lowest BCUT2D eigenvalue weighted by Gasteiger charge is -2.14. The summed E-state index contributed by atoms with van der Waals surface area (Å²) >= 11 is 0. The van der Waals surface area contributed by atoms with Gasteiger partial charge in [0.2, 0.25) is 0 Å². The van der Waals surface area contributed by atoms with Crippen molar-refractivity contribution in [3.63, 3.8) is 0 Å². The first-order valence-corrected chi connectivity index (χ1v) is 10.6. The average Bonchev–Trinajstić information content (AvgIpc) is 3.01. The molecule has 6 nitrogen and oxygen atoms in total. The Labute approximate surface area is 171 Å². The maximum atomic E-state index is 13.0. The normalized spacial score (nSPS) is 15.4. The molecule has 4 rings (SSSR count). The van der Waals surface area contributed by atoms with Crippen LogP contribution in [0.5, 0.6) is 0 Å². The second kappa shape index (κ2) is 8.23. The minimum atomic E-state index is -0.179. The molecule has 0 saturated carbocycles. The first kappa shape index (κ1) is 19.4. The minimum absolute atomic E-state index is 0.0705. The standard InChI is InChI=1S/C23H29N5O/c1-3-15(2)25-23(29)19-20-22(27-18-12-8-7-11-17(18)26-20)28(21(19)24)14-13-16-9-5-4-6-10-16/h7-9,11-12,15H,3-6,10,13-14,24H2,1-2H3,(H,25,29)/t15-/m0/s1. The largest absolute Gasteiger partial charge is 0.384 e. The molecule has 152 valence electrons. The van der Waals surface area contributed by atoms with Crippen molar-refractivity contribution in [2.75, 3.05) is 5.73 Å². The Morgan fingerprint density at radius 2 is 2.00 bits per heavy atom. The molecule has 0 saturated heterocycles. The van der Waals surface area contributed by atoms with Gasteiger partial charge < -0.3 is 15.6 Å². The topological polar surface area (TPSA) is 85.8 Å². The molecule has 1 amide bonds. The lowest BCUT2D eigenvalue weighted by atomic mass is 9.97. The number of nitrogens with one attached hydrogen (secondary N) is 1. The molecule has 1 aliphatic carbocycles. The van der Waals surface area contributed by atoms with E-state index in [1.807, 2.05) is 42.7 Å². The van der Waals surface area contributed by atoms with Crippen molar-refractivity contribution in [3.8, 4) is 0 Å². The molecular formula is C23H29N5O. The SMILES string of the molecule is CC[C@H](C)NC(=O)c1c(N)n(CCC2=CCCCC2)c2nc3ccccc3nc12. The lowest BCUT2D eigenvalue weighted by Crippen LogP contribution is -2.32. The van der Waals surface area contributed by atoms with Crippen LogP contribution in [0, 0.1) is 0 Å². The van der Waals surface area contributed by atoms with Gasteiger partial charge in [-0.2, -0.15) is 0 Å². The Bertz CT molecular complexity index is 1080. The van der Waals surface area contributed by atoms with E-state index in [-0.39, 0.29) is 11.9 Å². The van der Waals surface area contributed by atoms with E-state index in [0.29, 0.717) is 29.1 Å². The molecule has 6 heteroatoms. The molecule has 0 aliphatic heterocycles. The fourth-order valence-electron chi connectivity index (χ4n) is 3.95. The molecule has 1 aromatic carbocycles. The van der Waals surface area contributed by atoms with Crippen molar-refractivity contribution in [1.29, 1.82) is 0 Å². The second-order valence-corrected chi connectivity index (χ2v) is 7.94. The molecule has 3 aromatic rings. The predicted molar refractivity (Wildman–Crippen MR) is 118 cm³/mol. The molecule has 2 heterocycles. The Morgan fingerprint density at radius 1 is 1.24 bits per heavy atom. The van der Waals surface area contributed by atoms with Crippen LogP contribution in [-0.4, -0.2) is 26.5 Å². The van der Waals surface area contributed by atoms with Crippen LogP contribution in [0.4, 0.5) is 5.82 Å². The molecule has 0 unspecified atom stereocenters. The Morgan fingerprint density at radius 3 is 2.69 bits per heavy atom. The fourth-order valence-corrected chi connectivity index (χ4v) is 3.95. The highest BCUT2D eigenvalue weighted by molar-refractivity contribution is 6.10. The number of allylic oxidation sites excluding steroid dienone is 2. The van der Waals surface area contributed by atoms with E-state index >= 15 is 0 Å². The molecular weight excluding hydrogens is 362 g/mol. The fraction of sp³-hybridized carbons (Fsp3) is 0.435. The third-order valence-corrected chi connectivity index (χ3v) is 5.85. The second-order valence-electron chi connectivity index (χ2n) is 7.94. The average molecular weight is 392 g/mol. The number of amides is 1. The van der Waals surface area contributed by atoms with Gasteiger partial charge in [-0.1, -0.05) is 30.7 Å². The van der Waals surface area contributed by atoms with Gasteiger partial charge >= 0.3 is 0 Å². The van der Waals surface area contributed by atoms with E-state index < -0.39 is 0 Å². The summed E-state index contributed by atoms with van der Waals surface area (Å²) in [5.41, 5.74) is 11.3. The summed E-state index contributed by atoms with van der Waals surface area (Å²) in [5.74, 6) is 0.273. The Hall–Kier alpha value is -2.89. The Balaban J connectivity index is 1.80. The van der Waals surface area contributed by atoms with Crippen LogP contribution in [0.3, 0.4) is 0 Å². The number of nitrogens with zero attached hydrogens (tertiary/aromatic N) is 3. The van der Waals surface area contributed by atoms with E-state index in [2.05, 4.69) is 11.4 Å². The van der Waals surface area contributed by atoms with Gasteiger partial charge in [0.15, 0.2) is 5.65 Å². The van der Waals surface area contributed by atoms with Gasteiger partial charge in [0.25, 0.3) is 5.91 Å². The van der Waals surface area contributed by atoms with Crippen molar-refractivity contribution in [1.82, 2.24) is 19.9 Å². The van der Waals surface area contributed by atoms with Crippen molar-refractivity contribution < 1.29 is 4.79 Å². The number of aryl methyl sites for hydroxylation is 1. The lowest BCUT2D eigenvalue weighted by molar-refractivity contribution is 0.0941. The van der Waals surface area contributed by atoms with Gasteiger partial charge in [-0.3, -0.25) is 4.79 Å². The van der Waals surface area contributed by atoms with Crippen LogP contribution in [-0.2, 0) is 6.54 Å². The van der Waals surface area contributed by atoms with Crippen LogP contribution in [0.25, 0.3) is 22.2 Å². The van der Waals surface area contributed by atoms with Crippen molar-refractivity contribution in [2.45, 2.75) is 65.0 Å². The maximum absolute atomic E-state index is 13.0. The summed E-state index contributed by atoms with van der Waals surface area (Å²) in [6.45, 7) is 4.74. The summed E-state index contributed by atoms with van der Waals surface area (Å²) in [6, 6.07) is 7.80. The first-order valence-electron chi connectivity index (χ1n) is 10.6. The number of nitrogen functional groups attached to an aromatic ring is 1. The van der Waals surface area contributed by atoms with Crippen molar-refractivity contribution in [3.05, 3.63) is 41.5 Å². The summed E-state index contributed by atoms with van der Waals surface area (Å²) < 4.78 is 1.97. The number of aromatic nitrogens is 3. The van der Waals surface area contributed by atoms with Crippen molar-refractivity contribution >= 4 is 33.9 Å². The zero-order valence-electron chi connectivity index (χ0n) is 17.2. The predicted octanol–water partition coefficient (Wildman–Crippen LogP) is 4.59. The van der Waals surface area contributed by atoms with Gasteiger partial charge in [-0.15, -0.1) is 0 Å². The number of benzene rings is 1. The number of carbonyl (C=O) groups is 1. The molecule has 2 aromatic heterocycles. The van der Waals surface area contributed by atoms with E-state index in [1.165, 1.54) is 18.4 Å². The van der Waals surface area contributed by atoms with Crippen LogP contribution >= 0.6 is 0 Å². The van der Waals surface area contributed by atoms with Gasteiger partial charge in [-0.25, -0.2) is 9.97 Å². The van der Waals surface area contributed by atoms with Crippen LogP contribution in [0.15, 0.2) is 35.9 Å². The Kier molecular flexibility index (Phi) is 5.51. The third kappa shape index (κ3) is 3.84. The summed E-state index contributed by atoms with van der Waals surface area (Å²) in [5, 5.41) is 3.03. The van der Waals surface area contributed by atoms with E-state index in [1.54, 1.807) is 0 Å². The quantitative estimate of drug-likeness (QED) is 0.602. The van der Waals surface area contributed by atoms with Crippen LogP contribution in [0.1, 0.15) is 62.7 Å². The summed E-state index contributed by atoms with van der Waals surface area (Å²) in [6.07, 6.45) is 8.96. The van der Waals surface area contributed by atoms with E-state index in [4.69, 9.17) is 15.7 Å². The molecule has 1 aliphatic rings. The van der Waals surface area contributed by atoms with Gasteiger partial charge in [-0.05, 0) is 57.6 Å². The van der Waals surface area contributed by atoms with Gasteiger partial charge in [0.1, 0.15) is 16.9 Å². The van der Waals surface area contributed by atoms with Crippen LogP contribution in [0.2, 0.25) is 0 Å². The number of hydrogen-bond donors (Lipinski definition) is 2. The zero-order valence-corrected chi connectivity index (χ0v) is 17.2. The molecule has 0 spiro atoms. The number of anilines is 1. The van der Waals surface area contributed by atoms with Gasteiger partial charge in [0.05, 0.1) is 11.0 Å². The molecule has 0 fully saturated rings. The minimum Gasteiger partial charge on any atom is -0.384 e. The molecule has 0 bridgehead atoms. The third-order valence-electron chi connectivity index (χ3n) is 5.85. The number of fused-ring (bicyclic) bond motifs is 2. The molecule has 0 radical (unpaired) electrons. The van der Waals surface area contributed by atoms with E-state index in [9.17, 15) is 4.79 Å². The molecule has 1 atom stereocenters. The van der Waals surface area contributed by atoms with E-state index in [0.717, 1.165) is 36.7 Å². The van der Waals surface area contributed by atoms with Crippen molar-refractivity contribution in [2.24, 2.45) is 0 Å². The molecule has 29 heavy (non-hydrogen) atoms. The number of para-hydroxylation sites is 2. The highest BCUT2D eigenvalue weighted by Crippen LogP contribution is 2.29. The smallest absolute Gasteiger partial charge is 0.257 e. The number of rotatable bonds is 6. The summed E-state index contributed by atoms with van der Waals surface area (Å²) in [4.78, 5) is 22.6. The number of nitrogens with two attached hydrogens (primary N) is 1. The number of carbonyl (C=O) groups excluding carboxylic acids is 1. The maximum Gasteiger partial charge on any atom is 0.257 e. The highest BCUT2D eigenvalue weighted by atomic mass is 16.1. The van der Waals surface area contributed by atoms with Gasteiger partial charge in [0, 0.05) is 12.6 Å². The highest BCUT2D eigenvalue weighted by Gasteiger charge is 2.24. The van der Waals surface area contributed by atoms with Crippen LogP contribution < -0.4 is 11.1 Å². The monoisotopic (exact) mass is 391 g/mol. The summed E-state index contributed by atoms with van der Waals surface area (Å²) in [7, 11) is 0. The number of hydrogen-bond acceptors (Lipinski definition) is 4. The molecule has 3 N–H and O–H groups in total. The first-order chi connectivity index (χ1) is 14.1. The zero-order chi connectivity index (χ0) is 20.4.